The summed E-state index contributed by atoms with van der Waals surface area (Å²) in [7, 11) is 0. The van der Waals surface area contributed by atoms with Gasteiger partial charge in [-0.05, 0) is 29.8 Å². The van der Waals surface area contributed by atoms with E-state index in [2.05, 4.69) is 25.5 Å². The van der Waals surface area contributed by atoms with E-state index in [-0.39, 0.29) is 11.6 Å². The normalized spacial score (nSPS) is 12.2. The second kappa shape index (κ2) is 6.29. The van der Waals surface area contributed by atoms with Crippen molar-refractivity contribution in [2.24, 2.45) is 0 Å². The van der Waals surface area contributed by atoms with E-state index >= 15 is 0 Å². The van der Waals surface area contributed by atoms with E-state index < -0.39 is 6.10 Å². The van der Waals surface area contributed by atoms with Crippen LogP contribution in [0.25, 0.3) is 10.9 Å². The molecule has 0 radical (unpaired) electrons. The number of fused-ring (bicyclic) bond motifs is 1. The molecule has 0 bridgehead atoms. The molecule has 7 heteroatoms. The second-order valence-corrected chi connectivity index (χ2v) is 5.49. The summed E-state index contributed by atoms with van der Waals surface area (Å²) >= 11 is 0. The Bertz CT molecular complexity index is 1000. The Hall–Kier alpha value is -3.32. The number of aliphatic hydroxyl groups excluding tert-OH is 1. The topological polar surface area (TPSA) is 86.7 Å². The summed E-state index contributed by atoms with van der Waals surface area (Å²) in [5.41, 5.74) is 1.20. The number of aromatic nitrogens is 4. The highest BCUT2D eigenvalue weighted by Crippen LogP contribution is 2.27. The van der Waals surface area contributed by atoms with Gasteiger partial charge < -0.3 is 10.4 Å². The van der Waals surface area contributed by atoms with Crippen molar-refractivity contribution in [1.82, 2.24) is 20.2 Å². The Labute approximate surface area is 142 Å². The Balaban J connectivity index is 1.80. The molecule has 4 rings (SSSR count). The lowest BCUT2D eigenvalue weighted by Crippen LogP contribution is -2.08. The van der Waals surface area contributed by atoms with Crippen molar-refractivity contribution in [3.63, 3.8) is 0 Å². The Kier molecular flexibility index (Phi) is 3.83. The monoisotopic (exact) mass is 335 g/mol. The van der Waals surface area contributed by atoms with Crippen LogP contribution in [0.5, 0.6) is 0 Å². The molecule has 6 nitrogen and oxygen atoms in total. The van der Waals surface area contributed by atoms with E-state index in [1.165, 1.54) is 24.3 Å². The molecule has 124 valence electrons. The number of para-hydroxylation sites is 1. The van der Waals surface area contributed by atoms with Crippen LogP contribution in [0.1, 0.15) is 17.5 Å². The molecule has 0 amide bonds. The summed E-state index contributed by atoms with van der Waals surface area (Å²) in [5.74, 6) is 1.000. The van der Waals surface area contributed by atoms with Gasteiger partial charge in [0.2, 0.25) is 0 Å². The van der Waals surface area contributed by atoms with Crippen LogP contribution in [0.3, 0.4) is 0 Å². The van der Waals surface area contributed by atoms with Gasteiger partial charge in [-0.25, -0.2) is 14.4 Å². The van der Waals surface area contributed by atoms with Crippen LogP contribution in [-0.2, 0) is 0 Å². The van der Waals surface area contributed by atoms with Gasteiger partial charge in [0.05, 0.1) is 5.52 Å². The molecular weight excluding hydrogens is 321 g/mol. The lowest BCUT2D eigenvalue weighted by Gasteiger charge is -2.13. The SMILES string of the molecule is OC(c1ccc(F)cc1)c1nc(Nc2cc[nH]n2)c2ccccc2n1. The number of benzene rings is 2. The van der Waals surface area contributed by atoms with Crippen LogP contribution in [0, 0.1) is 5.82 Å². The molecule has 2 heterocycles. The van der Waals surface area contributed by atoms with Crippen molar-refractivity contribution in [3.05, 3.63) is 78.0 Å². The molecule has 2 aromatic carbocycles. The minimum Gasteiger partial charge on any atom is -0.380 e. The molecule has 0 spiro atoms. The van der Waals surface area contributed by atoms with Gasteiger partial charge >= 0.3 is 0 Å². The zero-order chi connectivity index (χ0) is 17.2. The Morgan fingerprint density at radius 3 is 2.56 bits per heavy atom. The summed E-state index contributed by atoms with van der Waals surface area (Å²) in [6, 6.07) is 14.9. The predicted octanol–water partition coefficient (Wildman–Crippen LogP) is 3.32. The number of hydrogen-bond acceptors (Lipinski definition) is 5. The third kappa shape index (κ3) is 3.05. The van der Waals surface area contributed by atoms with Gasteiger partial charge in [0, 0.05) is 17.6 Å². The van der Waals surface area contributed by atoms with Crippen molar-refractivity contribution >= 4 is 22.5 Å². The minimum atomic E-state index is -1.06. The summed E-state index contributed by atoms with van der Waals surface area (Å²) < 4.78 is 13.1. The molecule has 0 saturated heterocycles. The Morgan fingerprint density at radius 1 is 1.00 bits per heavy atom. The molecule has 0 aliphatic heterocycles. The number of H-pyrrole nitrogens is 1. The summed E-state index contributed by atoms with van der Waals surface area (Å²) in [6.07, 6.45) is 0.630. The fraction of sp³-hybridized carbons (Fsp3) is 0.0556. The maximum absolute atomic E-state index is 13.1. The van der Waals surface area contributed by atoms with Gasteiger partial charge in [-0.3, -0.25) is 5.10 Å². The van der Waals surface area contributed by atoms with Gasteiger partial charge in [0.25, 0.3) is 0 Å². The number of anilines is 2. The maximum Gasteiger partial charge on any atom is 0.164 e. The predicted molar refractivity (Wildman–Crippen MR) is 91.9 cm³/mol. The van der Waals surface area contributed by atoms with E-state index in [4.69, 9.17) is 0 Å². The first-order valence-electron chi connectivity index (χ1n) is 7.68. The summed E-state index contributed by atoms with van der Waals surface area (Å²) in [5, 5.41) is 21.3. The van der Waals surface area contributed by atoms with E-state index in [0.717, 1.165) is 5.39 Å². The van der Waals surface area contributed by atoms with E-state index in [0.29, 0.717) is 22.7 Å². The molecule has 4 aromatic rings. The summed E-state index contributed by atoms with van der Waals surface area (Å²) in [4.78, 5) is 8.90. The van der Waals surface area contributed by atoms with Crippen molar-refractivity contribution in [2.75, 3.05) is 5.32 Å². The maximum atomic E-state index is 13.1. The molecular formula is C18H14FN5O. The van der Waals surface area contributed by atoms with Gasteiger partial charge in [0.1, 0.15) is 17.7 Å². The number of hydrogen-bond donors (Lipinski definition) is 3. The van der Waals surface area contributed by atoms with Crippen LogP contribution in [0.2, 0.25) is 0 Å². The zero-order valence-electron chi connectivity index (χ0n) is 13.0. The van der Waals surface area contributed by atoms with Gasteiger partial charge in [-0.1, -0.05) is 24.3 Å². The van der Waals surface area contributed by atoms with E-state index in [1.54, 1.807) is 12.3 Å². The van der Waals surface area contributed by atoms with Crippen molar-refractivity contribution in [3.8, 4) is 0 Å². The number of nitrogens with one attached hydrogen (secondary N) is 2. The van der Waals surface area contributed by atoms with E-state index in [9.17, 15) is 9.50 Å². The molecule has 1 unspecified atom stereocenters. The van der Waals surface area contributed by atoms with Crippen molar-refractivity contribution in [1.29, 1.82) is 0 Å². The average Bonchev–Trinajstić information content (AvgIpc) is 3.15. The molecule has 3 N–H and O–H groups in total. The molecule has 2 aromatic heterocycles. The van der Waals surface area contributed by atoms with Crippen LogP contribution < -0.4 is 5.32 Å². The first-order chi connectivity index (χ1) is 12.2. The second-order valence-electron chi connectivity index (χ2n) is 5.49. The fourth-order valence-corrected chi connectivity index (χ4v) is 2.56. The number of nitrogens with zero attached hydrogens (tertiary/aromatic N) is 3. The molecule has 0 saturated carbocycles. The number of rotatable bonds is 4. The lowest BCUT2D eigenvalue weighted by atomic mass is 10.1. The van der Waals surface area contributed by atoms with Crippen LogP contribution in [0.4, 0.5) is 16.0 Å². The number of aromatic amines is 1. The van der Waals surface area contributed by atoms with Gasteiger partial charge in [-0.15, -0.1) is 0 Å². The average molecular weight is 335 g/mol. The third-order valence-corrected chi connectivity index (χ3v) is 3.80. The molecule has 0 aliphatic carbocycles. The number of aliphatic hydroxyl groups is 1. The number of halogens is 1. The molecule has 25 heavy (non-hydrogen) atoms. The van der Waals surface area contributed by atoms with Crippen LogP contribution in [0.15, 0.2) is 60.8 Å². The first-order valence-corrected chi connectivity index (χ1v) is 7.68. The lowest BCUT2D eigenvalue weighted by molar-refractivity contribution is 0.210. The largest absolute Gasteiger partial charge is 0.380 e. The van der Waals surface area contributed by atoms with Crippen LogP contribution >= 0.6 is 0 Å². The molecule has 1 atom stereocenters. The highest BCUT2D eigenvalue weighted by molar-refractivity contribution is 5.90. The standard InChI is InChI=1S/C18H14FN5O/c19-12-7-5-11(6-8-12)16(25)18-21-14-4-2-1-3-13(14)17(23-18)22-15-9-10-20-24-15/h1-10,16,25H,(H2,20,21,22,23,24). The Morgan fingerprint density at radius 2 is 1.80 bits per heavy atom. The zero-order valence-corrected chi connectivity index (χ0v) is 13.0. The van der Waals surface area contributed by atoms with E-state index in [1.807, 2.05) is 24.3 Å². The highest BCUT2D eigenvalue weighted by atomic mass is 19.1. The van der Waals surface area contributed by atoms with Crippen LogP contribution in [-0.4, -0.2) is 25.3 Å². The van der Waals surface area contributed by atoms with Gasteiger partial charge in [-0.2, -0.15) is 5.10 Å². The van der Waals surface area contributed by atoms with Crippen molar-refractivity contribution in [2.45, 2.75) is 6.10 Å². The van der Waals surface area contributed by atoms with Gasteiger partial charge in [0.15, 0.2) is 11.6 Å². The fourth-order valence-electron chi connectivity index (χ4n) is 2.56. The highest BCUT2D eigenvalue weighted by Gasteiger charge is 2.17. The smallest absolute Gasteiger partial charge is 0.164 e. The third-order valence-electron chi connectivity index (χ3n) is 3.80. The minimum absolute atomic E-state index is 0.225. The first kappa shape index (κ1) is 15.2. The molecule has 0 aliphatic rings. The van der Waals surface area contributed by atoms with Crippen molar-refractivity contribution < 1.29 is 9.50 Å². The summed E-state index contributed by atoms with van der Waals surface area (Å²) in [6.45, 7) is 0. The quantitative estimate of drug-likeness (QED) is 0.532. The molecule has 0 fully saturated rings.